The number of ether oxygens (including phenoxy) is 1. The third kappa shape index (κ3) is 4.28. The van der Waals surface area contributed by atoms with Gasteiger partial charge in [-0.2, -0.15) is 5.10 Å². The molecule has 0 amide bonds. The Kier molecular flexibility index (Phi) is 5.71. The molecule has 0 bridgehead atoms. The lowest BCUT2D eigenvalue weighted by molar-refractivity contribution is 0.296. The minimum Gasteiger partial charge on any atom is -0.494 e. The second kappa shape index (κ2) is 7.55. The highest BCUT2D eigenvalue weighted by Gasteiger charge is 2.15. The van der Waals surface area contributed by atoms with E-state index in [4.69, 9.17) is 4.74 Å². The molecule has 2 aromatic rings. The van der Waals surface area contributed by atoms with Crippen LogP contribution in [0.25, 0.3) is 0 Å². The number of halogens is 2. The summed E-state index contributed by atoms with van der Waals surface area (Å²) in [5.41, 5.74) is 2.16. The van der Waals surface area contributed by atoms with Gasteiger partial charge in [0.15, 0.2) is 11.6 Å². The second-order valence-electron chi connectivity index (χ2n) is 5.78. The average molecular weight is 323 g/mol. The fourth-order valence-corrected chi connectivity index (χ4v) is 2.62. The highest BCUT2D eigenvalue weighted by molar-refractivity contribution is 5.32. The maximum Gasteiger partial charge on any atom is 0.172 e. The van der Waals surface area contributed by atoms with Crippen LogP contribution in [0.15, 0.2) is 18.2 Å². The third-order valence-electron chi connectivity index (χ3n) is 3.81. The molecule has 0 radical (unpaired) electrons. The van der Waals surface area contributed by atoms with Gasteiger partial charge in [0.1, 0.15) is 5.82 Å². The molecule has 2 rings (SSSR count). The summed E-state index contributed by atoms with van der Waals surface area (Å²) >= 11 is 0. The zero-order chi connectivity index (χ0) is 17.0. The van der Waals surface area contributed by atoms with Crippen molar-refractivity contribution in [2.75, 3.05) is 20.7 Å². The Balaban J connectivity index is 1.92. The molecule has 0 aliphatic rings. The van der Waals surface area contributed by atoms with Crippen molar-refractivity contribution in [3.63, 3.8) is 0 Å². The van der Waals surface area contributed by atoms with E-state index in [1.54, 1.807) is 0 Å². The number of aryl methyl sites for hydroxylation is 3. The normalized spacial score (nSPS) is 11.3. The average Bonchev–Trinajstić information content (AvgIpc) is 2.82. The van der Waals surface area contributed by atoms with Crippen molar-refractivity contribution in [1.82, 2.24) is 14.7 Å². The first-order valence-electron chi connectivity index (χ1n) is 7.63. The molecule has 0 saturated carbocycles. The summed E-state index contributed by atoms with van der Waals surface area (Å²) in [7, 11) is 3.22. The molecule has 0 saturated heterocycles. The summed E-state index contributed by atoms with van der Waals surface area (Å²) in [5, 5.41) is 4.40. The van der Waals surface area contributed by atoms with Gasteiger partial charge >= 0.3 is 0 Å². The summed E-state index contributed by atoms with van der Waals surface area (Å²) in [4.78, 5) is 1.90. The van der Waals surface area contributed by atoms with E-state index in [0.29, 0.717) is 6.54 Å². The highest BCUT2D eigenvalue weighted by atomic mass is 19.1. The fourth-order valence-electron chi connectivity index (χ4n) is 2.62. The Morgan fingerprint density at radius 1 is 1.26 bits per heavy atom. The smallest absolute Gasteiger partial charge is 0.172 e. The van der Waals surface area contributed by atoms with Crippen LogP contribution in [-0.4, -0.2) is 35.4 Å². The highest BCUT2D eigenvalue weighted by Crippen LogP contribution is 2.23. The molecule has 6 heteroatoms. The van der Waals surface area contributed by atoms with Crippen molar-refractivity contribution >= 4 is 0 Å². The minimum absolute atomic E-state index is 0.0398. The topological polar surface area (TPSA) is 30.3 Å². The first-order valence-corrected chi connectivity index (χ1v) is 7.63. The molecular weight excluding hydrogens is 300 g/mol. The molecule has 1 aromatic carbocycles. The number of aromatic nitrogens is 2. The Morgan fingerprint density at radius 3 is 2.61 bits per heavy atom. The van der Waals surface area contributed by atoms with E-state index >= 15 is 0 Å². The van der Waals surface area contributed by atoms with E-state index in [1.807, 2.05) is 36.5 Å². The predicted molar refractivity (Wildman–Crippen MR) is 85.6 cm³/mol. The molecule has 0 aliphatic carbocycles. The Bertz CT molecular complexity index is 670. The van der Waals surface area contributed by atoms with Crippen LogP contribution in [0.5, 0.6) is 5.75 Å². The summed E-state index contributed by atoms with van der Waals surface area (Å²) in [6.45, 7) is 5.68. The molecule has 0 N–H and O–H groups in total. The van der Waals surface area contributed by atoms with E-state index in [1.165, 1.54) is 19.2 Å². The Morgan fingerprint density at radius 2 is 2.00 bits per heavy atom. The Labute approximate surface area is 135 Å². The van der Waals surface area contributed by atoms with Crippen molar-refractivity contribution < 1.29 is 13.5 Å². The van der Waals surface area contributed by atoms with E-state index in [-0.39, 0.29) is 17.9 Å². The second-order valence-corrected chi connectivity index (χ2v) is 5.78. The molecule has 23 heavy (non-hydrogen) atoms. The number of rotatable bonds is 7. The number of benzene rings is 1. The van der Waals surface area contributed by atoms with Crippen LogP contribution in [-0.2, 0) is 13.1 Å². The monoisotopic (exact) mass is 323 g/mol. The summed E-state index contributed by atoms with van der Waals surface area (Å²) < 4.78 is 34.8. The molecule has 0 spiro atoms. The minimum atomic E-state index is -0.627. The van der Waals surface area contributed by atoms with Gasteiger partial charge in [0, 0.05) is 24.3 Å². The van der Waals surface area contributed by atoms with Crippen LogP contribution in [0.4, 0.5) is 8.78 Å². The first kappa shape index (κ1) is 17.4. The van der Waals surface area contributed by atoms with E-state index in [0.717, 1.165) is 24.4 Å². The zero-order valence-corrected chi connectivity index (χ0v) is 14.1. The molecule has 0 aliphatic heterocycles. The molecule has 1 heterocycles. The van der Waals surface area contributed by atoms with Gasteiger partial charge in [0.25, 0.3) is 0 Å². The SMILES string of the molecule is COc1ccc(F)c(CN(C)CCCn2nc(C)cc2C)c1F. The molecular formula is C17H23F2N3O. The van der Waals surface area contributed by atoms with Crippen molar-refractivity contribution in [3.05, 3.63) is 46.8 Å². The van der Waals surface area contributed by atoms with Crippen LogP contribution < -0.4 is 4.74 Å². The summed E-state index contributed by atoms with van der Waals surface area (Å²) in [6, 6.07) is 4.57. The lowest BCUT2D eigenvalue weighted by Crippen LogP contribution is -2.22. The van der Waals surface area contributed by atoms with Gasteiger partial charge in [0.05, 0.1) is 12.8 Å². The van der Waals surface area contributed by atoms with Crippen molar-refractivity contribution in [2.24, 2.45) is 0 Å². The van der Waals surface area contributed by atoms with Crippen molar-refractivity contribution in [2.45, 2.75) is 33.4 Å². The van der Waals surface area contributed by atoms with Crippen LogP contribution >= 0.6 is 0 Å². The van der Waals surface area contributed by atoms with E-state index < -0.39 is 11.6 Å². The summed E-state index contributed by atoms with van der Waals surface area (Å²) in [6.07, 6.45) is 0.853. The molecule has 126 valence electrons. The summed E-state index contributed by atoms with van der Waals surface area (Å²) in [5.74, 6) is -1.11. The van der Waals surface area contributed by atoms with Gasteiger partial charge in [-0.3, -0.25) is 4.68 Å². The quantitative estimate of drug-likeness (QED) is 0.783. The van der Waals surface area contributed by atoms with Gasteiger partial charge in [0.2, 0.25) is 0 Å². The number of nitrogens with zero attached hydrogens (tertiary/aromatic N) is 3. The van der Waals surface area contributed by atoms with Gasteiger partial charge in [-0.1, -0.05) is 0 Å². The van der Waals surface area contributed by atoms with Crippen LogP contribution in [0, 0.1) is 25.5 Å². The lowest BCUT2D eigenvalue weighted by Gasteiger charge is -2.18. The van der Waals surface area contributed by atoms with E-state index in [9.17, 15) is 8.78 Å². The van der Waals surface area contributed by atoms with Gasteiger partial charge in [-0.05, 0) is 52.1 Å². The predicted octanol–water partition coefficient (Wildman–Crippen LogP) is 3.31. The number of methoxy groups -OCH3 is 1. The third-order valence-corrected chi connectivity index (χ3v) is 3.81. The molecule has 1 aromatic heterocycles. The van der Waals surface area contributed by atoms with Crippen LogP contribution in [0.2, 0.25) is 0 Å². The largest absolute Gasteiger partial charge is 0.494 e. The van der Waals surface area contributed by atoms with Crippen LogP contribution in [0.3, 0.4) is 0 Å². The first-order chi connectivity index (χ1) is 10.9. The standard InChI is InChI=1S/C17H23F2N3O/c1-12-10-13(2)22(20-12)9-5-8-21(3)11-14-15(18)6-7-16(23-4)17(14)19/h6-7,10H,5,8-9,11H2,1-4H3. The van der Waals surface area contributed by atoms with Gasteiger partial charge < -0.3 is 9.64 Å². The molecule has 0 atom stereocenters. The van der Waals surface area contributed by atoms with Gasteiger partial charge in [-0.15, -0.1) is 0 Å². The van der Waals surface area contributed by atoms with Gasteiger partial charge in [-0.25, -0.2) is 8.78 Å². The zero-order valence-electron chi connectivity index (χ0n) is 14.1. The Hall–Kier alpha value is -1.95. The van der Waals surface area contributed by atoms with Crippen molar-refractivity contribution in [3.8, 4) is 5.75 Å². The number of hydrogen-bond acceptors (Lipinski definition) is 3. The number of hydrogen-bond donors (Lipinski definition) is 0. The molecule has 0 fully saturated rings. The van der Waals surface area contributed by atoms with Crippen LogP contribution in [0.1, 0.15) is 23.4 Å². The maximum atomic E-state index is 14.1. The maximum absolute atomic E-state index is 14.1. The van der Waals surface area contributed by atoms with E-state index in [2.05, 4.69) is 5.10 Å². The fraction of sp³-hybridized carbons (Fsp3) is 0.471. The van der Waals surface area contributed by atoms with Crippen molar-refractivity contribution in [1.29, 1.82) is 0 Å². The molecule has 0 unspecified atom stereocenters. The lowest BCUT2D eigenvalue weighted by atomic mass is 10.1. The molecule has 4 nitrogen and oxygen atoms in total.